The van der Waals surface area contributed by atoms with Gasteiger partial charge in [0.15, 0.2) is 0 Å². The normalized spacial score (nSPS) is 22.9. The van der Waals surface area contributed by atoms with Crippen LogP contribution >= 0.6 is 11.6 Å². The molecule has 19 heavy (non-hydrogen) atoms. The summed E-state index contributed by atoms with van der Waals surface area (Å²) in [4.78, 5) is 12.2. The number of nitrogens with one attached hydrogen (secondary N) is 2. The van der Waals surface area contributed by atoms with Gasteiger partial charge in [-0.2, -0.15) is 0 Å². The van der Waals surface area contributed by atoms with E-state index in [1.54, 1.807) is 25.3 Å². The number of anilines is 1. The van der Waals surface area contributed by atoms with Crippen molar-refractivity contribution in [2.24, 2.45) is 5.92 Å². The minimum Gasteiger partial charge on any atom is -0.495 e. The number of benzene rings is 1. The van der Waals surface area contributed by atoms with Gasteiger partial charge in [-0.1, -0.05) is 11.6 Å². The molecule has 1 aromatic carbocycles. The Labute approximate surface area is 118 Å². The van der Waals surface area contributed by atoms with Gasteiger partial charge < -0.3 is 15.4 Å². The molecule has 0 spiro atoms. The quantitative estimate of drug-likeness (QED) is 0.896. The fourth-order valence-corrected chi connectivity index (χ4v) is 2.62. The maximum absolute atomic E-state index is 12.2. The number of halogens is 1. The van der Waals surface area contributed by atoms with E-state index in [0.717, 1.165) is 19.4 Å². The van der Waals surface area contributed by atoms with Gasteiger partial charge in [-0.3, -0.25) is 4.79 Å². The monoisotopic (exact) mass is 282 g/mol. The fourth-order valence-electron chi connectivity index (χ4n) is 2.36. The molecule has 0 aromatic heterocycles. The van der Waals surface area contributed by atoms with E-state index in [1.807, 2.05) is 0 Å². The molecular weight excluding hydrogens is 264 g/mol. The van der Waals surface area contributed by atoms with Crippen LogP contribution in [0.15, 0.2) is 18.2 Å². The number of carbonyl (C=O) groups excluding carboxylic acids is 1. The van der Waals surface area contributed by atoms with Crippen molar-refractivity contribution in [3.8, 4) is 5.75 Å². The van der Waals surface area contributed by atoms with Gasteiger partial charge >= 0.3 is 0 Å². The number of amides is 1. The van der Waals surface area contributed by atoms with Gasteiger partial charge in [0.25, 0.3) is 0 Å². The summed E-state index contributed by atoms with van der Waals surface area (Å²) >= 11 is 6.04. The van der Waals surface area contributed by atoms with Crippen LogP contribution in [0.2, 0.25) is 5.02 Å². The maximum Gasteiger partial charge on any atom is 0.227 e. The maximum atomic E-state index is 12.2. The van der Waals surface area contributed by atoms with Crippen molar-refractivity contribution in [2.45, 2.75) is 25.8 Å². The molecule has 0 radical (unpaired) electrons. The summed E-state index contributed by atoms with van der Waals surface area (Å²) in [5.41, 5.74) is 0.710. The highest BCUT2D eigenvalue weighted by Crippen LogP contribution is 2.28. The second-order valence-electron chi connectivity index (χ2n) is 4.92. The van der Waals surface area contributed by atoms with E-state index in [9.17, 15) is 4.79 Å². The first kappa shape index (κ1) is 14.2. The summed E-state index contributed by atoms with van der Waals surface area (Å²) in [6.45, 7) is 2.99. The Morgan fingerprint density at radius 1 is 1.53 bits per heavy atom. The van der Waals surface area contributed by atoms with E-state index in [1.165, 1.54) is 0 Å². The van der Waals surface area contributed by atoms with Crippen molar-refractivity contribution in [3.63, 3.8) is 0 Å². The molecule has 1 aliphatic heterocycles. The highest BCUT2D eigenvalue weighted by molar-refractivity contribution is 6.32. The molecular formula is C14H19ClN2O2. The van der Waals surface area contributed by atoms with E-state index >= 15 is 0 Å². The highest BCUT2D eigenvalue weighted by atomic mass is 35.5. The van der Waals surface area contributed by atoms with Gasteiger partial charge in [-0.15, -0.1) is 0 Å². The molecule has 104 valence electrons. The Kier molecular flexibility index (Phi) is 4.66. The van der Waals surface area contributed by atoms with Crippen LogP contribution in [0, 0.1) is 5.92 Å². The van der Waals surface area contributed by atoms with E-state index in [-0.39, 0.29) is 11.8 Å². The predicted molar refractivity (Wildman–Crippen MR) is 76.8 cm³/mol. The first-order chi connectivity index (χ1) is 9.10. The summed E-state index contributed by atoms with van der Waals surface area (Å²) < 4.78 is 5.08. The third-order valence-electron chi connectivity index (χ3n) is 3.41. The second kappa shape index (κ2) is 6.26. The number of methoxy groups -OCH3 is 1. The molecule has 0 aliphatic carbocycles. The lowest BCUT2D eigenvalue weighted by atomic mass is 9.92. The van der Waals surface area contributed by atoms with Crippen LogP contribution in [0.5, 0.6) is 5.75 Å². The van der Waals surface area contributed by atoms with Gasteiger partial charge in [0.1, 0.15) is 5.75 Å². The Balaban J connectivity index is 2.00. The summed E-state index contributed by atoms with van der Waals surface area (Å²) in [6.07, 6.45) is 1.75. The van der Waals surface area contributed by atoms with Crippen LogP contribution in [0.1, 0.15) is 19.8 Å². The van der Waals surface area contributed by atoms with E-state index < -0.39 is 0 Å². The lowest BCUT2D eigenvalue weighted by Crippen LogP contribution is -2.40. The van der Waals surface area contributed by atoms with Crippen molar-refractivity contribution in [1.29, 1.82) is 0 Å². The average Bonchev–Trinajstić information content (AvgIpc) is 2.39. The Morgan fingerprint density at radius 2 is 2.32 bits per heavy atom. The van der Waals surface area contributed by atoms with E-state index in [4.69, 9.17) is 16.3 Å². The third-order valence-corrected chi connectivity index (χ3v) is 3.71. The number of hydrogen-bond acceptors (Lipinski definition) is 3. The molecule has 2 rings (SSSR count). The van der Waals surface area contributed by atoms with Crippen molar-refractivity contribution in [2.75, 3.05) is 19.0 Å². The minimum absolute atomic E-state index is 0.0644. The largest absolute Gasteiger partial charge is 0.495 e. The Bertz CT molecular complexity index is 465. The number of rotatable bonds is 3. The molecule has 0 saturated carbocycles. The van der Waals surface area contributed by atoms with Crippen molar-refractivity contribution in [3.05, 3.63) is 23.2 Å². The molecule has 0 unspecified atom stereocenters. The van der Waals surface area contributed by atoms with Crippen LogP contribution in [-0.4, -0.2) is 25.6 Å². The van der Waals surface area contributed by atoms with Crippen molar-refractivity contribution >= 4 is 23.2 Å². The predicted octanol–water partition coefficient (Wildman–Crippen LogP) is 2.68. The standard InChI is InChI=1S/C14H19ClN2O2/c1-9-7-10(5-6-16-9)14(18)17-11-3-4-13(19-2)12(15)8-11/h3-4,8-10,16H,5-7H2,1-2H3,(H,17,18)/t9-,10-/m0/s1. The van der Waals surface area contributed by atoms with E-state index in [0.29, 0.717) is 22.5 Å². The molecule has 1 amide bonds. The number of carbonyl (C=O) groups is 1. The second-order valence-corrected chi connectivity index (χ2v) is 5.32. The van der Waals surface area contributed by atoms with Gasteiger partial charge in [-0.25, -0.2) is 0 Å². The van der Waals surface area contributed by atoms with Gasteiger partial charge in [0.2, 0.25) is 5.91 Å². The van der Waals surface area contributed by atoms with Crippen LogP contribution in [0.4, 0.5) is 5.69 Å². The molecule has 4 nitrogen and oxygen atoms in total. The summed E-state index contributed by atoms with van der Waals surface area (Å²) in [6, 6.07) is 5.66. The molecule has 0 bridgehead atoms. The molecule has 2 atom stereocenters. The van der Waals surface area contributed by atoms with Crippen molar-refractivity contribution < 1.29 is 9.53 Å². The highest BCUT2D eigenvalue weighted by Gasteiger charge is 2.24. The summed E-state index contributed by atoms with van der Waals surface area (Å²) in [5.74, 6) is 0.738. The van der Waals surface area contributed by atoms with Gasteiger partial charge in [0, 0.05) is 17.6 Å². The fraction of sp³-hybridized carbons (Fsp3) is 0.500. The van der Waals surface area contributed by atoms with E-state index in [2.05, 4.69) is 17.6 Å². The van der Waals surface area contributed by atoms with Crippen LogP contribution in [0.25, 0.3) is 0 Å². The molecule has 5 heteroatoms. The SMILES string of the molecule is COc1ccc(NC(=O)[C@H]2CCN[C@@H](C)C2)cc1Cl. The lowest BCUT2D eigenvalue weighted by Gasteiger charge is -2.27. The zero-order chi connectivity index (χ0) is 13.8. The Morgan fingerprint density at radius 3 is 2.95 bits per heavy atom. The zero-order valence-electron chi connectivity index (χ0n) is 11.2. The summed E-state index contributed by atoms with van der Waals surface area (Å²) in [5, 5.41) is 6.75. The minimum atomic E-state index is 0.0644. The van der Waals surface area contributed by atoms with Crippen LogP contribution in [0.3, 0.4) is 0 Å². The summed E-state index contributed by atoms with van der Waals surface area (Å²) in [7, 11) is 1.57. The van der Waals surface area contributed by atoms with Crippen molar-refractivity contribution in [1.82, 2.24) is 5.32 Å². The number of piperidine rings is 1. The first-order valence-electron chi connectivity index (χ1n) is 6.48. The van der Waals surface area contributed by atoms with Gasteiger partial charge in [0.05, 0.1) is 12.1 Å². The number of ether oxygens (including phenoxy) is 1. The smallest absolute Gasteiger partial charge is 0.227 e. The third kappa shape index (κ3) is 3.61. The van der Waals surface area contributed by atoms with Crippen LogP contribution in [-0.2, 0) is 4.79 Å². The molecule has 1 heterocycles. The van der Waals surface area contributed by atoms with Crippen LogP contribution < -0.4 is 15.4 Å². The molecule has 1 fully saturated rings. The molecule has 2 N–H and O–H groups in total. The van der Waals surface area contributed by atoms with Gasteiger partial charge in [-0.05, 0) is 44.5 Å². The molecule has 1 aliphatic rings. The average molecular weight is 283 g/mol. The topological polar surface area (TPSA) is 50.4 Å². The Hall–Kier alpha value is -1.26. The molecule has 1 saturated heterocycles. The lowest BCUT2D eigenvalue weighted by molar-refractivity contribution is -0.120. The number of hydrogen-bond donors (Lipinski definition) is 2. The molecule has 1 aromatic rings. The zero-order valence-corrected chi connectivity index (χ0v) is 12.0. The first-order valence-corrected chi connectivity index (χ1v) is 6.85.